The van der Waals surface area contributed by atoms with Crippen molar-refractivity contribution in [1.29, 1.82) is 0 Å². The van der Waals surface area contributed by atoms with E-state index in [0.717, 1.165) is 25.9 Å². The monoisotopic (exact) mass is 258 g/mol. The molecule has 1 unspecified atom stereocenters. The highest BCUT2D eigenvalue weighted by molar-refractivity contribution is 5.82. The van der Waals surface area contributed by atoms with E-state index < -0.39 is 0 Å². The fraction of sp³-hybridized carbons (Fsp3) is 0.562. The molecule has 1 saturated heterocycles. The van der Waals surface area contributed by atoms with Crippen molar-refractivity contribution in [2.75, 3.05) is 13.1 Å². The van der Waals surface area contributed by atoms with Gasteiger partial charge in [-0.2, -0.15) is 0 Å². The van der Waals surface area contributed by atoms with Crippen LogP contribution < -0.4 is 5.32 Å². The predicted octanol–water partition coefficient (Wildman–Crippen LogP) is 2.35. The smallest absolute Gasteiger partial charge is 0.226 e. The first kappa shape index (κ1) is 12.7. The van der Waals surface area contributed by atoms with Crippen LogP contribution in [0.3, 0.4) is 0 Å². The maximum absolute atomic E-state index is 12.5. The van der Waals surface area contributed by atoms with Crippen LogP contribution in [0, 0.1) is 5.92 Å². The number of benzene rings is 1. The van der Waals surface area contributed by atoms with Gasteiger partial charge in [-0.1, -0.05) is 30.3 Å². The van der Waals surface area contributed by atoms with Crippen LogP contribution in [-0.2, 0) is 4.79 Å². The first-order valence-electron chi connectivity index (χ1n) is 7.18. The highest BCUT2D eigenvalue weighted by Crippen LogP contribution is 2.35. The third-order valence-corrected chi connectivity index (χ3v) is 4.27. The zero-order valence-electron chi connectivity index (χ0n) is 11.7. The average Bonchev–Trinajstić information content (AvgIpc) is 3.23. The molecule has 1 aromatic rings. The Morgan fingerprint density at radius 3 is 2.58 bits per heavy atom. The van der Waals surface area contributed by atoms with Gasteiger partial charge in [-0.05, 0) is 32.3 Å². The van der Waals surface area contributed by atoms with Crippen LogP contribution in [0.1, 0.15) is 38.3 Å². The van der Waals surface area contributed by atoms with E-state index in [1.165, 1.54) is 5.56 Å². The summed E-state index contributed by atoms with van der Waals surface area (Å²) in [7, 11) is 0. The van der Waals surface area contributed by atoms with Crippen LogP contribution in [0.15, 0.2) is 30.3 Å². The molecular formula is C16H22N2O. The topological polar surface area (TPSA) is 32.3 Å². The fourth-order valence-electron chi connectivity index (χ4n) is 2.81. The molecule has 1 aromatic carbocycles. The van der Waals surface area contributed by atoms with Gasteiger partial charge in [0.25, 0.3) is 0 Å². The minimum absolute atomic E-state index is 0.0784. The molecule has 1 N–H and O–H groups in total. The summed E-state index contributed by atoms with van der Waals surface area (Å²) in [6.45, 7) is 5.94. The van der Waals surface area contributed by atoms with E-state index >= 15 is 0 Å². The zero-order chi connectivity index (χ0) is 13.5. The average molecular weight is 258 g/mol. The predicted molar refractivity (Wildman–Crippen MR) is 75.7 cm³/mol. The largest absolute Gasteiger partial charge is 0.334 e. The van der Waals surface area contributed by atoms with Gasteiger partial charge in [-0.3, -0.25) is 4.79 Å². The summed E-state index contributed by atoms with van der Waals surface area (Å²) in [4.78, 5) is 14.5. The van der Waals surface area contributed by atoms with Gasteiger partial charge < -0.3 is 10.2 Å². The first-order chi connectivity index (χ1) is 9.08. The number of carbonyl (C=O) groups excluding carboxylic acids is 1. The molecule has 1 saturated carbocycles. The minimum Gasteiger partial charge on any atom is -0.334 e. The van der Waals surface area contributed by atoms with E-state index in [-0.39, 0.29) is 11.6 Å². The molecule has 2 aliphatic rings. The fourth-order valence-corrected chi connectivity index (χ4v) is 2.81. The van der Waals surface area contributed by atoms with Gasteiger partial charge in [-0.25, -0.2) is 0 Å². The van der Waals surface area contributed by atoms with Gasteiger partial charge in [0.05, 0.1) is 0 Å². The maximum Gasteiger partial charge on any atom is 0.226 e. The number of piperazine rings is 1. The summed E-state index contributed by atoms with van der Waals surface area (Å²) < 4.78 is 0. The molecule has 1 aliphatic carbocycles. The first-order valence-corrected chi connectivity index (χ1v) is 7.18. The number of nitrogens with zero attached hydrogens (tertiary/aromatic N) is 1. The van der Waals surface area contributed by atoms with Crippen LogP contribution in [0.4, 0.5) is 0 Å². The minimum atomic E-state index is -0.0784. The number of nitrogens with one attached hydrogen (secondary N) is 1. The Labute approximate surface area is 115 Å². The van der Waals surface area contributed by atoms with Crippen molar-refractivity contribution in [1.82, 2.24) is 10.2 Å². The quantitative estimate of drug-likeness (QED) is 0.883. The molecule has 0 spiro atoms. The molecule has 102 valence electrons. The summed E-state index contributed by atoms with van der Waals surface area (Å²) in [5.41, 5.74) is 1.19. The second kappa shape index (κ2) is 4.64. The van der Waals surface area contributed by atoms with E-state index in [2.05, 4.69) is 48.3 Å². The molecule has 3 nitrogen and oxygen atoms in total. The Morgan fingerprint density at radius 2 is 1.95 bits per heavy atom. The molecule has 1 heterocycles. The van der Waals surface area contributed by atoms with Crippen LogP contribution in [0.25, 0.3) is 0 Å². The van der Waals surface area contributed by atoms with Crippen molar-refractivity contribution in [3.63, 3.8) is 0 Å². The number of hydrogen-bond donors (Lipinski definition) is 1. The lowest BCUT2D eigenvalue weighted by molar-refractivity contribution is -0.140. The van der Waals surface area contributed by atoms with Crippen molar-refractivity contribution in [3.8, 4) is 0 Å². The van der Waals surface area contributed by atoms with E-state index in [1.807, 2.05) is 6.07 Å². The lowest BCUT2D eigenvalue weighted by atomic mass is 9.94. The van der Waals surface area contributed by atoms with Gasteiger partial charge in [0.15, 0.2) is 0 Å². The van der Waals surface area contributed by atoms with E-state index in [4.69, 9.17) is 0 Å². The summed E-state index contributed by atoms with van der Waals surface area (Å²) in [5.74, 6) is 0.654. The van der Waals surface area contributed by atoms with Gasteiger partial charge in [0.1, 0.15) is 0 Å². The van der Waals surface area contributed by atoms with Crippen LogP contribution in [0.2, 0.25) is 0 Å². The van der Waals surface area contributed by atoms with Crippen LogP contribution in [-0.4, -0.2) is 29.4 Å². The number of hydrogen-bond acceptors (Lipinski definition) is 2. The van der Waals surface area contributed by atoms with Crippen molar-refractivity contribution in [2.24, 2.45) is 5.92 Å². The molecule has 0 radical (unpaired) electrons. The Morgan fingerprint density at radius 1 is 1.26 bits per heavy atom. The summed E-state index contributed by atoms with van der Waals surface area (Å²) in [6.07, 6.45) is 2.16. The summed E-state index contributed by atoms with van der Waals surface area (Å²) >= 11 is 0. The van der Waals surface area contributed by atoms with Crippen molar-refractivity contribution >= 4 is 5.91 Å². The molecule has 0 aromatic heterocycles. The zero-order valence-corrected chi connectivity index (χ0v) is 11.7. The number of amides is 1. The number of carbonyl (C=O) groups is 1. The van der Waals surface area contributed by atoms with E-state index in [0.29, 0.717) is 11.8 Å². The standard InChI is InChI=1S/C16H22N2O/c1-16(2)11-17-14(12-6-4-3-5-7-12)10-18(16)15(19)13-8-9-13/h3-7,13-14,17H,8-11H2,1-2H3. The van der Waals surface area contributed by atoms with Crippen molar-refractivity contribution in [2.45, 2.75) is 38.3 Å². The molecule has 1 aliphatic heterocycles. The highest BCUT2D eigenvalue weighted by atomic mass is 16.2. The van der Waals surface area contributed by atoms with Gasteiger partial charge in [0, 0.05) is 30.6 Å². The van der Waals surface area contributed by atoms with Gasteiger partial charge in [-0.15, -0.1) is 0 Å². The molecular weight excluding hydrogens is 236 g/mol. The van der Waals surface area contributed by atoms with Crippen LogP contribution in [0.5, 0.6) is 0 Å². The lowest BCUT2D eigenvalue weighted by Gasteiger charge is -2.46. The Balaban J connectivity index is 1.79. The molecule has 0 bridgehead atoms. The highest BCUT2D eigenvalue weighted by Gasteiger charge is 2.42. The molecule has 1 amide bonds. The van der Waals surface area contributed by atoms with Crippen molar-refractivity contribution in [3.05, 3.63) is 35.9 Å². The molecule has 1 atom stereocenters. The van der Waals surface area contributed by atoms with Crippen molar-refractivity contribution < 1.29 is 4.79 Å². The lowest BCUT2D eigenvalue weighted by Crippen LogP contribution is -2.61. The second-order valence-corrected chi connectivity index (χ2v) is 6.38. The second-order valence-electron chi connectivity index (χ2n) is 6.38. The molecule has 3 rings (SSSR count). The maximum atomic E-state index is 12.5. The molecule has 3 heteroatoms. The summed E-state index contributed by atoms with van der Waals surface area (Å²) in [5, 5.41) is 3.58. The summed E-state index contributed by atoms with van der Waals surface area (Å²) in [6, 6.07) is 10.7. The molecule has 19 heavy (non-hydrogen) atoms. The van der Waals surface area contributed by atoms with E-state index in [9.17, 15) is 4.79 Å². The van der Waals surface area contributed by atoms with Crippen LogP contribution >= 0.6 is 0 Å². The normalized spacial score (nSPS) is 26.2. The third-order valence-electron chi connectivity index (χ3n) is 4.27. The molecule has 2 fully saturated rings. The van der Waals surface area contributed by atoms with Gasteiger partial charge in [0.2, 0.25) is 5.91 Å². The Kier molecular flexibility index (Phi) is 3.09. The number of rotatable bonds is 2. The third kappa shape index (κ3) is 2.52. The SMILES string of the molecule is CC1(C)CNC(c2ccccc2)CN1C(=O)C1CC1. The van der Waals surface area contributed by atoms with E-state index in [1.54, 1.807) is 0 Å². The van der Waals surface area contributed by atoms with Gasteiger partial charge >= 0.3 is 0 Å². The Bertz CT molecular complexity index is 465. The Hall–Kier alpha value is -1.35.